The van der Waals surface area contributed by atoms with E-state index in [0.717, 1.165) is 38.5 Å². The third kappa shape index (κ3) is 13.0. The molecule has 0 saturated heterocycles. The number of carbonyl (C=O) groups excluding carboxylic acids is 2. The highest BCUT2D eigenvalue weighted by molar-refractivity contribution is 5.82. The topological polar surface area (TPSA) is 58.6 Å². The maximum absolute atomic E-state index is 12.6. The van der Waals surface area contributed by atoms with Gasteiger partial charge in [0, 0.05) is 13.1 Å². The van der Waals surface area contributed by atoms with E-state index < -0.39 is 11.7 Å². The smallest absolute Gasteiger partial charge is 0.410 e. The Labute approximate surface area is 194 Å². The van der Waals surface area contributed by atoms with Crippen molar-refractivity contribution >= 4 is 12.0 Å². The van der Waals surface area contributed by atoms with Gasteiger partial charge in [-0.05, 0) is 78.7 Å². The van der Waals surface area contributed by atoms with E-state index in [0.29, 0.717) is 0 Å². The number of benzene rings is 1. The normalized spacial score (nSPS) is 13.1. The molecule has 0 aliphatic carbocycles. The highest BCUT2D eigenvalue weighted by Gasteiger charge is 2.22. The summed E-state index contributed by atoms with van der Waals surface area (Å²) in [6.07, 6.45) is 11.6. The zero-order valence-electron chi connectivity index (χ0n) is 20.8. The Hall–Kier alpha value is -2.56. The van der Waals surface area contributed by atoms with E-state index in [1.54, 1.807) is 7.05 Å². The van der Waals surface area contributed by atoms with Gasteiger partial charge in [0.1, 0.15) is 12.1 Å². The van der Waals surface area contributed by atoms with E-state index in [2.05, 4.69) is 48.7 Å². The molecule has 1 aromatic rings. The highest BCUT2D eigenvalue weighted by atomic mass is 16.6. The Morgan fingerprint density at radius 1 is 1.12 bits per heavy atom. The number of amides is 2. The van der Waals surface area contributed by atoms with Crippen LogP contribution in [0.1, 0.15) is 72.3 Å². The number of nitrogens with zero attached hydrogens (tertiary/aromatic N) is 1. The molecule has 2 amide bonds. The second-order valence-electron chi connectivity index (χ2n) is 9.41. The summed E-state index contributed by atoms with van der Waals surface area (Å²) in [4.78, 5) is 26.1. The van der Waals surface area contributed by atoms with Crippen LogP contribution in [-0.4, -0.2) is 42.1 Å². The summed E-state index contributed by atoms with van der Waals surface area (Å²) >= 11 is 0. The van der Waals surface area contributed by atoms with Crippen molar-refractivity contribution in [2.24, 2.45) is 0 Å². The molecule has 0 heterocycles. The summed E-state index contributed by atoms with van der Waals surface area (Å²) in [5, 5.41) is 3.15. The van der Waals surface area contributed by atoms with E-state index in [4.69, 9.17) is 4.74 Å². The molecule has 178 valence electrons. The van der Waals surface area contributed by atoms with Crippen LogP contribution in [0, 0.1) is 0 Å². The number of allylic oxidation sites excluding steroid dienone is 4. The number of hydrogen-bond donors (Lipinski definition) is 1. The summed E-state index contributed by atoms with van der Waals surface area (Å²) in [7, 11) is 1.59. The molecule has 5 nitrogen and oxygen atoms in total. The number of nitrogens with one attached hydrogen (secondary N) is 1. The molecule has 32 heavy (non-hydrogen) atoms. The minimum Gasteiger partial charge on any atom is -0.444 e. The molecular weight excluding hydrogens is 400 g/mol. The van der Waals surface area contributed by atoms with Crippen LogP contribution in [0.25, 0.3) is 0 Å². The third-order valence-electron chi connectivity index (χ3n) is 5.01. The third-order valence-corrected chi connectivity index (χ3v) is 5.01. The lowest BCUT2D eigenvalue weighted by Gasteiger charge is -2.25. The summed E-state index contributed by atoms with van der Waals surface area (Å²) in [6.45, 7) is 9.58. The number of aryl methyl sites for hydroxylation is 1. The maximum atomic E-state index is 12.6. The monoisotopic (exact) mass is 442 g/mol. The molecule has 0 aromatic heterocycles. The number of carbonyl (C=O) groups is 2. The van der Waals surface area contributed by atoms with Gasteiger partial charge in [-0.1, -0.05) is 54.1 Å². The van der Waals surface area contributed by atoms with Crippen molar-refractivity contribution in [3.8, 4) is 0 Å². The van der Waals surface area contributed by atoms with E-state index in [-0.39, 0.29) is 18.5 Å². The van der Waals surface area contributed by atoms with Gasteiger partial charge in [0.15, 0.2) is 0 Å². The van der Waals surface area contributed by atoms with Crippen LogP contribution in [-0.2, 0) is 16.0 Å². The average molecular weight is 443 g/mol. The highest BCUT2D eigenvalue weighted by Crippen LogP contribution is 2.14. The maximum Gasteiger partial charge on any atom is 0.410 e. The molecule has 1 N–H and O–H groups in total. The van der Waals surface area contributed by atoms with Crippen LogP contribution >= 0.6 is 0 Å². The second-order valence-corrected chi connectivity index (χ2v) is 9.41. The van der Waals surface area contributed by atoms with Gasteiger partial charge in [-0.25, -0.2) is 4.79 Å². The summed E-state index contributed by atoms with van der Waals surface area (Å²) < 4.78 is 5.34. The van der Waals surface area contributed by atoms with E-state index >= 15 is 0 Å². The predicted octanol–water partition coefficient (Wildman–Crippen LogP) is 6.05. The first-order valence-corrected chi connectivity index (χ1v) is 11.7. The first-order chi connectivity index (χ1) is 15.1. The number of rotatable bonds is 12. The fraction of sp³-hybridized carbons (Fsp3) is 0.556. The van der Waals surface area contributed by atoms with Crippen molar-refractivity contribution < 1.29 is 14.3 Å². The number of ether oxygens (including phenoxy) is 1. The summed E-state index contributed by atoms with van der Waals surface area (Å²) in [5.41, 5.74) is 2.06. The minimum atomic E-state index is -0.583. The molecule has 0 spiro atoms. The summed E-state index contributed by atoms with van der Waals surface area (Å²) in [5.74, 6) is -0.149. The lowest BCUT2D eigenvalue weighted by atomic mass is 9.99. The Morgan fingerprint density at radius 3 is 2.41 bits per heavy atom. The molecule has 1 aromatic carbocycles. The standard InChI is InChI=1S/C27H42N2O3/c1-7-8-14-22(2)15-12-19-24(20-13-18-23-16-10-9-11-17-23)28-25(30)21-29(6)26(31)32-27(3,4)5/h7-11,14,16-17,24H,12-13,15,18-21H2,1-6H3,(H,28,30)/b8-7-,22-14+. The van der Waals surface area contributed by atoms with Gasteiger partial charge in [-0.3, -0.25) is 4.79 Å². The van der Waals surface area contributed by atoms with Gasteiger partial charge < -0.3 is 15.0 Å². The lowest BCUT2D eigenvalue weighted by Crippen LogP contribution is -2.44. The Bertz CT molecular complexity index is 748. The second kappa shape index (κ2) is 14.5. The van der Waals surface area contributed by atoms with Gasteiger partial charge in [-0.15, -0.1) is 0 Å². The average Bonchev–Trinajstić information content (AvgIpc) is 2.71. The van der Waals surface area contributed by atoms with Gasteiger partial charge in [0.2, 0.25) is 5.91 Å². The molecule has 5 heteroatoms. The molecule has 1 atom stereocenters. The van der Waals surface area contributed by atoms with Crippen LogP contribution in [0.4, 0.5) is 4.79 Å². The zero-order chi connectivity index (χ0) is 24.0. The molecule has 1 unspecified atom stereocenters. The molecule has 0 aliphatic rings. The van der Waals surface area contributed by atoms with Gasteiger partial charge in [0.05, 0.1) is 0 Å². The van der Waals surface area contributed by atoms with Crippen LogP contribution < -0.4 is 5.32 Å². The zero-order valence-corrected chi connectivity index (χ0v) is 20.8. The van der Waals surface area contributed by atoms with Crippen LogP contribution in [0.2, 0.25) is 0 Å². The molecule has 0 bridgehead atoms. The van der Waals surface area contributed by atoms with E-state index in [1.807, 2.05) is 39.8 Å². The molecule has 0 aliphatic heterocycles. The van der Waals surface area contributed by atoms with Gasteiger partial charge in [-0.2, -0.15) is 0 Å². The number of likely N-dealkylation sites (N-methyl/N-ethyl adjacent to an activating group) is 1. The van der Waals surface area contributed by atoms with Gasteiger partial charge >= 0.3 is 6.09 Å². The van der Waals surface area contributed by atoms with E-state index in [9.17, 15) is 9.59 Å². The largest absolute Gasteiger partial charge is 0.444 e. The lowest BCUT2D eigenvalue weighted by molar-refractivity contribution is -0.122. The summed E-state index contributed by atoms with van der Waals surface area (Å²) in [6, 6.07) is 10.5. The minimum absolute atomic E-state index is 0.00960. The first kappa shape index (κ1) is 27.5. The fourth-order valence-corrected chi connectivity index (χ4v) is 3.35. The van der Waals surface area contributed by atoms with Gasteiger partial charge in [0.25, 0.3) is 0 Å². The molecule has 0 radical (unpaired) electrons. The number of hydrogen-bond acceptors (Lipinski definition) is 3. The van der Waals surface area contributed by atoms with Crippen molar-refractivity contribution in [3.63, 3.8) is 0 Å². The Balaban J connectivity index is 2.61. The Kier molecular flexibility index (Phi) is 12.4. The van der Waals surface area contributed by atoms with Crippen molar-refractivity contribution in [1.29, 1.82) is 0 Å². The van der Waals surface area contributed by atoms with Crippen molar-refractivity contribution in [2.45, 2.75) is 84.8 Å². The molecule has 0 fully saturated rings. The fourth-order valence-electron chi connectivity index (χ4n) is 3.35. The quantitative estimate of drug-likeness (QED) is 0.401. The van der Waals surface area contributed by atoms with E-state index in [1.165, 1.54) is 16.0 Å². The SMILES string of the molecule is C/C=C\C=C(/C)CCCC(CCCc1ccccc1)NC(=O)CN(C)C(=O)OC(C)(C)C. The molecule has 1 rings (SSSR count). The van der Waals surface area contributed by atoms with Crippen molar-refractivity contribution in [3.05, 3.63) is 59.7 Å². The molecule has 0 saturated carbocycles. The molecular formula is C27H42N2O3. The van der Waals surface area contributed by atoms with Crippen LogP contribution in [0.3, 0.4) is 0 Å². The first-order valence-electron chi connectivity index (χ1n) is 11.7. The Morgan fingerprint density at radius 2 is 1.78 bits per heavy atom. The van der Waals surface area contributed by atoms with Crippen molar-refractivity contribution in [1.82, 2.24) is 10.2 Å². The van der Waals surface area contributed by atoms with Crippen molar-refractivity contribution in [2.75, 3.05) is 13.6 Å². The van der Waals surface area contributed by atoms with Crippen LogP contribution in [0.5, 0.6) is 0 Å². The van der Waals surface area contributed by atoms with Crippen LogP contribution in [0.15, 0.2) is 54.1 Å². The predicted molar refractivity (Wildman–Crippen MR) is 133 cm³/mol.